The molecule has 20 nitrogen and oxygen atoms in total. The van der Waals surface area contributed by atoms with Crippen LogP contribution in [-0.2, 0) is 9.47 Å². The molecule has 9 rings (SSSR count). The van der Waals surface area contributed by atoms with Crippen molar-refractivity contribution in [3.63, 3.8) is 0 Å². The molecule has 0 radical (unpaired) electrons. The van der Waals surface area contributed by atoms with Crippen LogP contribution in [0.1, 0.15) is 74.1 Å². The Hall–Kier alpha value is -6.61. The Morgan fingerprint density at radius 2 is 1.18 bits per heavy atom. The molecular formula is C49H57ClF6N10O10. The van der Waals surface area contributed by atoms with E-state index in [0.717, 1.165) is 32.4 Å². The molecule has 3 saturated heterocycles. The molecule has 3 fully saturated rings. The van der Waals surface area contributed by atoms with Crippen LogP contribution in [0.5, 0.6) is 11.8 Å². The Bertz CT molecular complexity index is 2760. The van der Waals surface area contributed by atoms with E-state index in [4.69, 9.17) is 24.1 Å². The highest BCUT2D eigenvalue weighted by molar-refractivity contribution is 6.08. The van der Waals surface area contributed by atoms with E-state index in [9.17, 15) is 50.6 Å². The lowest BCUT2D eigenvalue weighted by molar-refractivity contribution is -0.169. The Morgan fingerprint density at radius 3 is 1.61 bits per heavy atom. The molecule has 7 heterocycles. The van der Waals surface area contributed by atoms with Crippen molar-refractivity contribution in [2.75, 3.05) is 82.8 Å². The number of anilines is 6. The summed E-state index contributed by atoms with van der Waals surface area (Å²) in [6.45, 7) is 8.07. The number of benzene rings is 2. The van der Waals surface area contributed by atoms with Crippen molar-refractivity contribution < 1.29 is 74.7 Å². The predicted molar refractivity (Wildman–Crippen MR) is 266 cm³/mol. The maximum atomic E-state index is 13.5. The quantitative estimate of drug-likeness (QED) is 0.0669. The molecule has 76 heavy (non-hydrogen) atoms. The van der Waals surface area contributed by atoms with Gasteiger partial charge in [-0.15, -0.1) is 12.4 Å². The molecule has 5 aliphatic rings. The molecule has 0 saturated carbocycles. The summed E-state index contributed by atoms with van der Waals surface area (Å²) >= 11 is 0. The summed E-state index contributed by atoms with van der Waals surface area (Å²) in [5, 5.41) is 23.8. The minimum Gasteiger partial charge on any atom is -0.475 e. The number of aliphatic hydroxyl groups excluding tert-OH is 2. The van der Waals surface area contributed by atoms with Crippen molar-refractivity contribution in [3.8, 4) is 11.8 Å². The van der Waals surface area contributed by atoms with Crippen LogP contribution in [0.25, 0.3) is 0 Å². The predicted octanol–water partition coefficient (Wildman–Crippen LogP) is 7.44. The van der Waals surface area contributed by atoms with Gasteiger partial charge in [-0.05, 0) is 63.1 Å². The van der Waals surface area contributed by atoms with Gasteiger partial charge >= 0.3 is 24.4 Å². The van der Waals surface area contributed by atoms with Gasteiger partial charge in [-0.25, -0.2) is 29.5 Å². The third-order valence-electron chi connectivity index (χ3n) is 13.3. The topological polar surface area (TPSA) is 234 Å². The van der Waals surface area contributed by atoms with Gasteiger partial charge in [0.15, 0.2) is 17.4 Å². The molecule has 4 N–H and O–H groups in total. The van der Waals surface area contributed by atoms with E-state index < -0.39 is 79.2 Å². The van der Waals surface area contributed by atoms with E-state index in [1.54, 1.807) is 17.0 Å². The van der Waals surface area contributed by atoms with Gasteiger partial charge in [-0.3, -0.25) is 30.0 Å². The number of aliphatic hydroxyl groups is 2. The molecule has 2 aromatic heterocycles. The number of ketones is 2. The summed E-state index contributed by atoms with van der Waals surface area (Å²) in [5.74, 6) is -4.87. The first-order chi connectivity index (χ1) is 35.5. The minimum atomic E-state index is -4.48. The van der Waals surface area contributed by atoms with Crippen LogP contribution >= 0.6 is 12.4 Å². The number of nitrogens with one attached hydrogen (secondary N) is 2. The minimum absolute atomic E-state index is 0. The van der Waals surface area contributed by atoms with Crippen molar-refractivity contribution in [3.05, 3.63) is 72.3 Å². The molecule has 0 unspecified atom stereocenters. The number of alkyl halides is 6. The highest BCUT2D eigenvalue weighted by Gasteiger charge is 2.43. The lowest BCUT2D eigenvalue weighted by atomic mass is 9.97. The number of hydrogen-bond acceptors (Lipinski definition) is 16. The third kappa shape index (κ3) is 13.5. The first-order valence-electron chi connectivity index (χ1n) is 24.1. The fraction of sp³-hybridized carbons (Fsp3) is 0.510. The molecule has 4 bridgehead atoms. The molecule has 6 atom stereocenters. The van der Waals surface area contributed by atoms with Gasteiger partial charge in [-0.2, -0.15) is 26.3 Å². The van der Waals surface area contributed by atoms with Crippen LogP contribution in [-0.4, -0.2) is 149 Å². The summed E-state index contributed by atoms with van der Waals surface area (Å²) in [4.78, 5) is 75.4. The van der Waals surface area contributed by atoms with Crippen molar-refractivity contribution >= 4 is 70.4 Å². The van der Waals surface area contributed by atoms with Crippen LogP contribution in [0.15, 0.2) is 61.2 Å². The number of Topliss-reactive ketones (excluding diaryl/α,β-unsaturated/α-hetero) is 2. The Morgan fingerprint density at radius 1 is 0.724 bits per heavy atom. The summed E-state index contributed by atoms with van der Waals surface area (Å²) in [5.41, 5.74) is 2.59. The molecule has 0 aliphatic carbocycles. The second-order valence-electron chi connectivity index (χ2n) is 19.3. The number of halogens is 7. The van der Waals surface area contributed by atoms with E-state index in [1.165, 1.54) is 47.6 Å². The summed E-state index contributed by atoms with van der Waals surface area (Å²) in [6.07, 6.45) is -7.84. The highest BCUT2D eigenvalue weighted by atomic mass is 35.5. The number of ether oxygens (including phenoxy) is 4. The molecule has 4 aromatic rings. The van der Waals surface area contributed by atoms with Gasteiger partial charge in [-0.1, -0.05) is 13.8 Å². The zero-order chi connectivity index (χ0) is 54.0. The van der Waals surface area contributed by atoms with Crippen molar-refractivity contribution in [2.24, 2.45) is 11.8 Å². The Balaban J connectivity index is 0.000000219. The van der Waals surface area contributed by atoms with E-state index in [-0.39, 0.29) is 78.3 Å². The molecule has 2 aromatic carbocycles. The molecule has 4 amide bonds. The van der Waals surface area contributed by atoms with Gasteiger partial charge in [0, 0.05) is 62.3 Å². The number of rotatable bonds is 15. The van der Waals surface area contributed by atoms with Crippen LogP contribution in [0, 0.1) is 11.8 Å². The number of carbonyl (C=O) groups is 4. The summed E-state index contributed by atoms with van der Waals surface area (Å²) in [7, 11) is 0. The third-order valence-corrected chi connectivity index (χ3v) is 13.3. The maximum absolute atomic E-state index is 13.5. The van der Waals surface area contributed by atoms with Gasteiger partial charge in [0.05, 0.1) is 59.9 Å². The van der Waals surface area contributed by atoms with Crippen molar-refractivity contribution in [2.45, 2.75) is 95.8 Å². The lowest BCUT2D eigenvalue weighted by Crippen LogP contribution is -2.48. The molecule has 412 valence electrons. The second kappa shape index (κ2) is 23.3. The SMILES string of the molecule is C[C@@H](CC(=O)c1ccc2c(c1)N(C(=O)Nc1cc(OC[C@@H](O)CO)ncn1)[C@H]1CCN2C1)C(F)(F)F.C[C@@H](CC(=O)c1ccc2c(c1)N(C(=O)Nc1cc(OC[C@@H]3COC(C)(C)O3)ncn1)[C@H]1CCN2C1)C(F)(F)F.Cl. The molecule has 27 heteroatoms. The highest BCUT2D eigenvalue weighted by Crippen LogP contribution is 2.43. The number of amides is 4. The van der Waals surface area contributed by atoms with Crippen LogP contribution < -0.4 is 39.7 Å². The van der Waals surface area contributed by atoms with Gasteiger partial charge < -0.3 is 39.0 Å². The molecule has 5 aliphatic heterocycles. The summed E-state index contributed by atoms with van der Waals surface area (Å²) < 4.78 is 100. The van der Waals surface area contributed by atoms with Crippen molar-refractivity contribution in [1.82, 2.24) is 19.9 Å². The Labute approximate surface area is 438 Å². The first-order valence-corrected chi connectivity index (χ1v) is 24.1. The van der Waals surface area contributed by atoms with E-state index in [1.807, 2.05) is 13.8 Å². The smallest absolute Gasteiger partial charge is 0.391 e. The number of urea groups is 2. The monoisotopic (exact) mass is 1090 g/mol. The molecule has 0 spiro atoms. The van der Waals surface area contributed by atoms with Crippen molar-refractivity contribution in [1.29, 1.82) is 0 Å². The Kier molecular flexibility index (Phi) is 17.5. The van der Waals surface area contributed by atoms with Gasteiger partial charge in [0.2, 0.25) is 11.8 Å². The number of fused-ring (bicyclic) bond motifs is 8. The largest absolute Gasteiger partial charge is 0.475 e. The number of nitrogens with zero attached hydrogens (tertiary/aromatic N) is 8. The number of aromatic nitrogens is 4. The van der Waals surface area contributed by atoms with Gasteiger partial charge in [0.25, 0.3) is 0 Å². The van der Waals surface area contributed by atoms with Crippen LogP contribution in [0.2, 0.25) is 0 Å². The standard InChI is InChI=1S/C26H30F3N5O5.C23H26F3N5O5.ClH/c1-15(26(27,28)29)8-21(35)16-4-5-19-20(9-16)34(17-6-7-33(19)11-17)24(36)32-22-10-23(31-14-30-22)37-12-18-13-38-25(2,3)39-18;1-13(23(24,25)26)6-19(34)14-2-3-17-18(7-14)31(15-4-5-30(17)9-15)22(35)29-20-8-21(28-12-27-20)36-11-16(33)10-32;/h4-5,9-10,14-15,17-18H,6-8,11-13H2,1-3H3,(H,30,31,32,36);2-3,7-8,12-13,15-16,32-33H,4-6,9-11H2,1H3,(H,27,28,29,35);1H/t15-,17-,18+;13-,15-,16-;/m00./s1. The average Bonchev–Trinajstić information content (AvgIpc) is 4.15. The zero-order valence-electron chi connectivity index (χ0n) is 41.6. The van der Waals surface area contributed by atoms with Gasteiger partial charge in [0.1, 0.15) is 49.7 Å². The van der Waals surface area contributed by atoms with Crippen LogP contribution in [0.3, 0.4) is 0 Å². The number of carbonyl (C=O) groups excluding carboxylic acids is 4. The normalized spacial score (nSPS) is 20.2. The first kappa shape index (κ1) is 57.1. The fourth-order valence-corrected chi connectivity index (χ4v) is 9.20. The van der Waals surface area contributed by atoms with E-state index in [2.05, 4.69) is 40.4 Å². The fourth-order valence-electron chi connectivity index (χ4n) is 9.20. The zero-order valence-corrected chi connectivity index (χ0v) is 42.5. The van der Waals surface area contributed by atoms with E-state index >= 15 is 0 Å². The summed E-state index contributed by atoms with van der Waals surface area (Å²) in [6, 6.07) is 10.8. The van der Waals surface area contributed by atoms with E-state index in [0.29, 0.717) is 56.1 Å². The van der Waals surface area contributed by atoms with Crippen LogP contribution in [0.4, 0.5) is 70.3 Å². The second-order valence-corrected chi connectivity index (χ2v) is 19.3. The number of hydrogen-bond donors (Lipinski definition) is 4. The average molecular weight is 1100 g/mol. The molecular weight excluding hydrogens is 1040 g/mol. The lowest BCUT2D eigenvalue weighted by Gasteiger charge is -2.37. The maximum Gasteiger partial charge on any atom is 0.391 e.